The number of carbonyl (C=O) groups excluding carboxylic acids is 2. The molecule has 0 unspecified atom stereocenters. The third-order valence-electron chi connectivity index (χ3n) is 4.03. The number of hydrogen-bond acceptors (Lipinski definition) is 7. The minimum Gasteiger partial charge on any atom is -0.481 e. The Bertz CT molecular complexity index is 1050. The Labute approximate surface area is 185 Å². The summed E-state index contributed by atoms with van der Waals surface area (Å²) < 4.78 is 14.5. The summed E-state index contributed by atoms with van der Waals surface area (Å²) >= 11 is 7.46. The zero-order chi connectivity index (χ0) is 21.8. The number of aromatic nitrogens is 1. The molecule has 30 heavy (non-hydrogen) atoms. The van der Waals surface area contributed by atoms with Gasteiger partial charge in [0.1, 0.15) is 10.1 Å². The Kier molecular flexibility index (Phi) is 6.95. The lowest BCUT2D eigenvalue weighted by molar-refractivity contribution is -0.137. The van der Waals surface area contributed by atoms with Crippen LogP contribution in [-0.2, 0) is 14.4 Å². The standard InChI is InChI=1S/C19H16FN3O4S3/c1-11(24)23(14-6-3-2-5-13(14)20)18-21-12(10-29-18)9-15-17(27)22(19(28)30-15)8-4-7-16(25)26/h2-3,5-6,9-10H,4,7-8H2,1H3,(H,25,26)/b15-9-. The lowest BCUT2D eigenvalue weighted by Gasteiger charge is -2.18. The second-order valence-corrected chi connectivity index (χ2v) is 8.70. The molecule has 0 saturated carbocycles. The molecular weight excluding hydrogens is 449 g/mol. The summed E-state index contributed by atoms with van der Waals surface area (Å²) in [4.78, 5) is 42.6. The third kappa shape index (κ3) is 4.91. The number of hydrogen-bond donors (Lipinski definition) is 1. The SMILES string of the molecule is CC(=O)N(c1nc(/C=C2\SC(=S)N(CCCC(=O)O)C2=O)cs1)c1ccccc1F. The number of rotatable bonds is 7. The summed E-state index contributed by atoms with van der Waals surface area (Å²) in [5.41, 5.74) is 0.527. The van der Waals surface area contributed by atoms with Crippen LogP contribution in [0.1, 0.15) is 25.5 Å². The Balaban J connectivity index is 1.80. The van der Waals surface area contributed by atoms with Crippen molar-refractivity contribution in [3.05, 3.63) is 46.1 Å². The molecule has 2 aromatic rings. The quantitative estimate of drug-likeness (QED) is 0.488. The molecule has 0 atom stereocenters. The highest BCUT2D eigenvalue weighted by molar-refractivity contribution is 8.26. The van der Waals surface area contributed by atoms with Crippen molar-refractivity contribution < 1.29 is 23.9 Å². The Morgan fingerprint density at radius 1 is 1.37 bits per heavy atom. The summed E-state index contributed by atoms with van der Waals surface area (Å²) in [7, 11) is 0. The third-order valence-corrected chi connectivity index (χ3v) is 6.26. The fourth-order valence-electron chi connectivity index (χ4n) is 2.70. The molecule has 156 valence electrons. The normalized spacial score (nSPS) is 15.1. The molecule has 2 amide bonds. The number of thioether (sulfide) groups is 1. The van der Waals surface area contributed by atoms with Crippen molar-refractivity contribution in [3.8, 4) is 0 Å². The van der Waals surface area contributed by atoms with E-state index in [-0.39, 0.29) is 29.7 Å². The average molecular weight is 466 g/mol. The second kappa shape index (κ2) is 9.45. The first-order chi connectivity index (χ1) is 14.3. The van der Waals surface area contributed by atoms with Crippen molar-refractivity contribution in [2.75, 3.05) is 11.4 Å². The number of anilines is 2. The topological polar surface area (TPSA) is 90.8 Å². The van der Waals surface area contributed by atoms with Crippen molar-refractivity contribution in [2.45, 2.75) is 19.8 Å². The lowest BCUT2D eigenvalue weighted by atomic mass is 10.3. The summed E-state index contributed by atoms with van der Waals surface area (Å²) in [6.07, 6.45) is 1.80. The van der Waals surface area contributed by atoms with E-state index in [0.717, 1.165) is 23.1 Å². The molecule has 11 heteroatoms. The van der Waals surface area contributed by atoms with E-state index in [0.29, 0.717) is 21.3 Å². The van der Waals surface area contributed by atoms with Gasteiger partial charge >= 0.3 is 5.97 Å². The van der Waals surface area contributed by atoms with Crippen LogP contribution in [0.5, 0.6) is 0 Å². The molecule has 0 bridgehead atoms. The number of nitrogens with zero attached hydrogens (tertiary/aromatic N) is 3. The lowest BCUT2D eigenvalue weighted by Crippen LogP contribution is -2.29. The van der Waals surface area contributed by atoms with E-state index in [9.17, 15) is 18.8 Å². The van der Waals surface area contributed by atoms with Gasteiger partial charge in [0, 0.05) is 25.3 Å². The highest BCUT2D eigenvalue weighted by Gasteiger charge is 2.32. The van der Waals surface area contributed by atoms with Crippen LogP contribution in [0.4, 0.5) is 15.2 Å². The summed E-state index contributed by atoms with van der Waals surface area (Å²) in [6.45, 7) is 1.54. The number of para-hydroxylation sites is 1. The molecule has 1 aliphatic heterocycles. The predicted molar refractivity (Wildman–Crippen MR) is 118 cm³/mol. The molecule has 7 nitrogen and oxygen atoms in total. The molecular formula is C19H16FN3O4S3. The molecule has 1 fully saturated rings. The monoisotopic (exact) mass is 465 g/mol. The van der Waals surface area contributed by atoms with Crippen LogP contribution in [0.25, 0.3) is 6.08 Å². The first kappa shape index (κ1) is 22.1. The van der Waals surface area contributed by atoms with E-state index in [1.807, 2.05) is 0 Å². The molecule has 0 aliphatic carbocycles. The molecule has 1 aromatic heterocycles. The van der Waals surface area contributed by atoms with Crippen LogP contribution in [-0.4, -0.2) is 43.6 Å². The molecule has 1 aromatic carbocycles. The number of thiocarbonyl (C=S) groups is 1. The highest BCUT2D eigenvalue weighted by atomic mass is 32.2. The van der Waals surface area contributed by atoms with Crippen molar-refractivity contribution in [3.63, 3.8) is 0 Å². The van der Waals surface area contributed by atoms with E-state index in [4.69, 9.17) is 17.3 Å². The van der Waals surface area contributed by atoms with Crippen LogP contribution < -0.4 is 4.90 Å². The van der Waals surface area contributed by atoms with Crippen LogP contribution in [0.3, 0.4) is 0 Å². The predicted octanol–water partition coefficient (Wildman–Crippen LogP) is 4.03. The number of benzene rings is 1. The number of halogens is 1. The molecule has 2 heterocycles. The van der Waals surface area contributed by atoms with Gasteiger partial charge in [0.15, 0.2) is 5.13 Å². The number of carboxylic acids is 1. The molecule has 3 rings (SSSR count). The summed E-state index contributed by atoms with van der Waals surface area (Å²) in [5.74, 6) is -2.20. The van der Waals surface area contributed by atoms with Crippen molar-refractivity contribution in [2.24, 2.45) is 0 Å². The van der Waals surface area contributed by atoms with Crippen molar-refractivity contribution in [1.29, 1.82) is 0 Å². The number of aliphatic carboxylic acids is 1. The fraction of sp³-hybridized carbons (Fsp3) is 0.211. The maximum Gasteiger partial charge on any atom is 0.303 e. The van der Waals surface area contributed by atoms with Gasteiger partial charge < -0.3 is 5.11 Å². The van der Waals surface area contributed by atoms with Gasteiger partial charge in [-0.15, -0.1) is 11.3 Å². The summed E-state index contributed by atoms with van der Waals surface area (Å²) in [5, 5.41) is 10.7. The van der Waals surface area contributed by atoms with E-state index >= 15 is 0 Å². The van der Waals surface area contributed by atoms with Gasteiger partial charge in [0.25, 0.3) is 5.91 Å². The first-order valence-corrected chi connectivity index (χ1v) is 10.9. The van der Waals surface area contributed by atoms with Crippen LogP contribution in [0.2, 0.25) is 0 Å². The van der Waals surface area contributed by atoms with E-state index in [2.05, 4.69) is 4.98 Å². The maximum atomic E-state index is 14.2. The van der Waals surface area contributed by atoms with Crippen LogP contribution in [0, 0.1) is 5.82 Å². The van der Waals surface area contributed by atoms with E-state index < -0.39 is 17.7 Å². The van der Waals surface area contributed by atoms with Crippen molar-refractivity contribution >= 4 is 74.3 Å². The zero-order valence-electron chi connectivity index (χ0n) is 15.7. The number of amides is 2. The Morgan fingerprint density at radius 3 is 2.77 bits per heavy atom. The molecule has 1 saturated heterocycles. The highest BCUT2D eigenvalue weighted by Crippen LogP contribution is 2.35. The molecule has 1 N–H and O–H groups in total. The van der Waals surface area contributed by atoms with E-state index in [1.165, 1.54) is 34.9 Å². The van der Waals surface area contributed by atoms with Gasteiger partial charge in [-0.25, -0.2) is 9.37 Å². The number of carboxylic acid groups (broad SMARTS) is 1. The Morgan fingerprint density at radius 2 is 2.10 bits per heavy atom. The van der Waals surface area contributed by atoms with Gasteiger partial charge in [-0.2, -0.15) is 0 Å². The Hall–Kier alpha value is -2.63. The molecule has 0 spiro atoms. The largest absolute Gasteiger partial charge is 0.481 e. The number of thiazole rings is 1. The average Bonchev–Trinajstić information content (AvgIpc) is 3.23. The van der Waals surface area contributed by atoms with Gasteiger partial charge in [-0.05, 0) is 24.6 Å². The van der Waals surface area contributed by atoms with E-state index in [1.54, 1.807) is 17.5 Å². The molecule has 1 aliphatic rings. The summed E-state index contributed by atoms with van der Waals surface area (Å²) in [6, 6.07) is 5.90. The van der Waals surface area contributed by atoms with Gasteiger partial charge in [0.2, 0.25) is 5.91 Å². The zero-order valence-corrected chi connectivity index (χ0v) is 18.2. The van der Waals surface area contributed by atoms with Crippen LogP contribution in [0.15, 0.2) is 34.6 Å². The minimum atomic E-state index is -0.934. The smallest absolute Gasteiger partial charge is 0.303 e. The van der Waals surface area contributed by atoms with Gasteiger partial charge in [0.05, 0.1) is 16.3 Å². The first-order valence-electron chi connectivity index (χ1n) is 8.76. The maximum absolute atomic E-state index is 14.2. The van der Waals surface area contributed by atoms with Gasteiger partial charge in [-0.3, -0.25) is 24.2 Å². The minimum absolute atomic E-state index is 0.0531. The number of carbonyl (C=O) groups is 3. The van der Waals surface area contributed by atoms with Gasteiger partial charge in [-0.1, -0.05) is 36.1 Å². The van der Waals surface area contributed by atoms with Crippen molar-refractivity contribution in [1.82, 2.24) is 9.88 Å². The second-order valence-electron chi connectivity index (χ2n) is 6.19. The fourth-order valence-corrected chi connectivity index (χ4v) is 4.83. The molecule has 0 radical (unpaired) electrons. The van der Waals surface area contributed by atoms with Crippen LogP contribution >= 0.6 is 35.3 Å².